The molecule has 3 aromatic rings. The van der Waals surface area contributed by atoms with Gasteiger partial charge in [0.25, 0.3) is 0 Å². The number of alkyl halides is 3. The Morgan fingerprint density at radius 3 is 2.55 bits per heavy atom. The molecule has 0 spiro atoms. The van der Waals surface area contributed by atoms with Crippen molar-refractivity contribution in [3.05, 3.63) is 59.3 Å². The lowest BCUT2D eigenvalue weighted by molar-refractivity contribution is -0.275. The summed E-state index contributed by atoms with van der Waals surface area (Å²) in [5.74, 6) is -0.480. The molecule has 0 saturated carbocycles. The van der Waals surface area contributed by atoms with Crippen LogP contribution in [0.1, 0.15) is 43.3 Å². The van der Waals surface area contributed by atoms with Gasteiger partial charge in [-0.2, -0.15) is 13.2 Å². The largest absolute Gasteiger partial charge is 0.508 e. The van der Waals surface area contributed by atoms with E-state index in [1.807, 2.05) is 0 Å². The highest BCUT2D eigenvalue weighted by molar-refractivity contribution is 5.91. The summed E-state index contributed by atoms with van der Waals surface area (Å²) in [6.07, 6.45) is -4.33. The van der Waals surface area contributed by atoms with Gasteiger partial charge in [-0.15, -0.1) is 0 Å². The predicted molar refractivity (Wildman–Crippen MR) is 107 cm³/mol. The Kier molecular flexibility index (Phi) is 4.66. The zero-order chi connectivity index (χ0) is 22.8. The van der Waals surface area contributed by atoms with E-state index in [4.69, 9.17) is 0 Å². The average molecular weight is 435 g/mol. The Labute approximate surface area is 175 Å². The highest BCUT2D eigenvalue weighted by Crippen LogP contribution is 2.56. The number of phenols is 1. The molecule has 0 amide bonds. The van der Waals surface area contributed by atoms with Crippen molar-refractivity contribution in [3.63, 3.8) is 0 Å². The van der Waals surface area contributed by atoms with E-state index >= 15 is 0 Å². The zero-order valence-electron chi connectivity index (χ0n) is 17.0. The van der Waals surface area contributed by atoms with Crippen molar-refractivity contribution < 1.29 is 27.8 Å². The summed E-state index contributed by atoms with van der Waals surface area (Å²) in [6, 6.07) is 5.00. The van der Waals surface area contributed by atoms with E-state index in [2.05, 4.69) is 15.3 Å². The van der Waals surface area contributed by atoms with Gasteiger partial charge < -0.3 is 15.5 Å². The van der Waals surface area contributed by atoms with E-state index in [1.165, 1.54) is 30.5 Å². The normalized spacial score (nSPS) is 22.9. The van der Waals surface area contributed by atoms with Gasteiger partial charge in [-0.05, 0) is 42.5 Å². The lowest BCUT2D eigenvalue weighted by Crippen LogP contribution is -2.58. The number of fused-ring (bicyclic) bond motifs is 2. The third-order valence-electron chi connectivity index (χ3n) is 5.86. The molecule has 1 aromatic heterocycles. The minimum absolute atomic E-state index is 0.0414. The lowest BCUT2D eigenvalue weighted by atomic mass is 9.63. The van der Waals surface area contributed by atoms with Crippen molar-refractivity contribution in [3.8, 4) is 5.75 Å². The monoisotopic (exact) mass is 435 g/mol. The highest BCUT2D eigenvalue weighted by atomic mass is 19.4. The standard InChI is InChI=1S/C22H21F4N3O2/c1-11-27-9-13-15(8-7-14(23)18(13)28-11)29-19-12-5-4-6-16(30)17(12)20(2,3)10-21(19,31)22(24,25)26/h4-9,19,29-31H,10H2,1-3H3/t19-,21+/m0/s1. The molecule has 1 aliphatic rings. The first kappa shape index (κ1) is 21.3. The summed E-state index contributed by atoms with van der Waals surface area (Å²) in [5, 5.41) is 24.4. The molecule has 2 aromatic carbocycles. The fraction of sp³-hybridized carbons (Fsp3) is 0.364. The molecule has 3 N–H and O–H groups in total. The van der Waals surface area contributed by atoms with Crippen LogP contribution in [0.3, 0.4) is 0 Å². The fourth-order valence-electron chi connectivity index (χ4n) is 4.57. The molecule has 0 aliphatic heterocycles. The van der Waals surface area contributed by atoms with Crippen molar-refractivity contribution in [2.45, 2.75) is 50.4 Å². The van der Waals surface area contributed by atoms with E-state index in [9.17, 15) is 27.8 Å². The Hall–Kier alpha value is -2.94. The maximum Gasteiger partial charge on any atom is 0.419 e. The average Bonchev–Trinajstić information content (AvgIpc) is 2.65. The second-order valence-corrected chi connectivity index (χ2v) is 8.58. The number of phenolic OH excluding ortho intramolecular Hbond substituents is 1. The number of aromatic nitrogens is 2. The van der Waals surface area contributed by atoms with Gasteiger partial charge in [0.15, 0.2) is 5.60 Å². The Bertz CT molecular complexity index is 1180. The highest BCUT2D eigenvalue weighted by Gasteiger charge is 2.64. The predicted octanol–water partition coefficient (Wildman–Crippen LogP) is 4.91. The molecule has 31 heavy (non-hydrogen) atoms. The van der Waals surface area contributed by atoms with Crippen molar-refractivity contribution in [2.24, 2.45) is 0 Å². The van der Waals surface area contributed by atoms with Crippen LogP contribution in [0.15, 0.2) is 36.5 Å². The maximum absolute atomic E-state index is 14.3. The van der Waals surface area contributed by atoms with Crippen LogP contribution >= 0.6 is 0 Å². The van der Waals surface area contributed by atoms with Crippen molar-refractivity contribution in [1.29, 1.82) is 0 Å². The van der Waals surface area contributed by atoms with Gasteiger partial charge in [0, 0.05) is 22.8 Å². The topological polar surface area (TPSA) is 78.3 Å². The number of rotatable bonds is 2. The van der Waals surface area contributed by atoms with Crippen LogP contribution < -0.4 is 5.32 Å². The van der Waals surface area contributed by atoms with Gasteiger partial charge in [0.1, 0.15) is 22.9 Å². The van der Waals surface area contributed by atoms with Crippen LogP contribution in [-0.2, 0) is 5.41 Å². The fourth-order valence-corrected chi connectivity index (χ4v) is 4.57. The molecule has 0 fully saturated rings. The third-order valence-corrected chi connectivity index (χ3v) is 5.86. The summed E-state index contributed by atoms with van der Waals surface area (Å²) in [5.41, 5.74) is -3.78. The lowest BCUT2D eigenvalue weighted by Gasteiger charge is -2.49. The second-order valence-electron chi connectivity index (χ2n) is 8.58. The molecule has 1 heterocycles. The summed E-state index contributed by atoms with van der Waals surface area (Å²) in [6.45, 7) is 4.66. The maximum atomic E-state index is 14.3. The number of nitrogens with zero attached hydrogens (tertiary/aromatic N) is 2. The van der Waals surface area contributed by atoms with Crippen molar-refractivity contribution >= 4 is 16.6 Å². The van der Waals surface area contributed by atoms with Gasteiger partial charge in [-0.1, -0.05) is 26.0 Å². The number of aryl methyl sites for hydroxylation is 1. The molecular formula is C22H21F4N3O2. The Balaban J connectivity index is 1.95. The molecule has 2 atom stereocenters. The summed E-state index contributed by atoms with van der Waals surface area (Å²) >= 11 is 0. The molecule has 0 saturated heterocycles. The first-order valence-electron chi connectivity index (χ1n) is 9.65. The quantitative estimate of drug-likeness (QED) is 0.499. The first-order valence-corrected chi connectivity index (χ1v) is 9.65. The number of benzene rings is 2. The van der Waals surface area contributed by atoms with Crippen molar-refractivity contribution in [2.75, 3.05) is 5.32 Å². The van der Waals surface area contributed by atoms with E-state index in [0.717, 1.165) is 6.07 Å². The molecule has 0 bridgehead atoms. The SMILES string of the molecule is Cc1ncc2c(N[C@H]3c4cccc(O)c4C(C)(C)C[C@]3(O)C(F)(F)F)ccc(F)c2n1. The number of anilines is 1. The minimum Gasteiger partial charge on any atom is -0.508 e. The first-order chi connectivity index (χ1) is 14.3. The van der Waals surface area contributed by atoms with Crippen LogP contribution in [0, 0.1) is 12.7 Å². The van der Waals surface area contributed by atoms with Crippen LogP contribution in [0.2, 0.25) is 0 Å². The van der Waals surface area contributed by atoms with Crippen molar-refractivity contribution in [1.82, 2.24) is 9.97 Å². The van der Waals surface area contributed by atoms with E-state index in [-0.39, 0.29) is 27.9 Å². The van der Waals surface area contributed by atoms with Gasteiger partial charge in [-0.25, -0.2) is 14.4 Å². The molecule has 4 rings (SSSR count). The van der Waals surface area contributed by atoms with Gasteiger partial charge in [0.2, 0.25) is 0 Å². The molecule has 164 valence electrons. The molecule has 1 aliphatic carbocycles. The van der Waals surface area contributed by atoms with Crippen LogP contribution in [-0.4, -0.2) is 32.0 Å². The molecular weight excluding hydrogens is 414 g/mol. The smallest absolute Gasteiger partial charge is 0.419 e. The van der Waals surface area contributed by atoms with E-state index < -0.39 is 35.5 Å². The number of halogens is 4. The van der Waals surface area contributed by atoms with Gasteiger partial charge in [-0.3, -0.25) is 0 Å². The van der Waals surface area contributed by atoms with Gasteiger partial charge in [0.05, 0.1) is 6.04 Å². The number of hydrogen-bond acceptors (Lipinski definition) is 5. The number of hydrogen-bond donors (Lipinski definition) is 3. The minimum atomic E-state index is -4.98. The number of nitrogens with one attached hydrogen (secondary N) is 1. The molecule has 0 radical (unpaired) electrons. The zero-order valence-corrected chi connectivity index (χ0v) is 17.0. The second kappa shape index (κ2) is 6.78. The van der Waals surface area contributed by atoms with Crippen LogP contribution in [0.5, 0.6) is 5.75 Å². The third kappa shape index (κ3) is 3.27. The van der Waals surface area contributed by atoms with Gasteiger partial charge >= 0.3 is 6.18 Å². The van der Waals surface area contributed by atoms with E-state index in [1.54, 1.807) is 20.8 Å². The summed E-state index contributed by atoms with van der Waals surface area (Å²) < 4.78 is 56.9. The Morgan fingerprint density at radius 1 is 1.16 bits per heavy atom. The van der Waals surface area contributed by atoms with Crippen LogP contribution in [0.25, 0.3) is 10.9 Å². The molecule has 9 heteroatoms. The summed E-state index contributed by atoms with van der Waals surface area (Å²) in [4.78, 5) is 8.07. The van der Waals surface area contributed by atoms with E-state index in [0.29, 0.717) is 11.4 Å². The number of aliphatic hydroxyl groups is 1. The molecule has 5 nitrogen and oxygen atoms in total. The molecule has 0 unspecified atom stereocenters. The van der Waals surface area contributed by atoms with Crippen LogP contribution in [0.4, 0.5) is 23.2 Å². The Morgan fingerprint density at radius 2 is 1.87 bits per heavy atom. The summed E-state index contributed by atoms with van der Waals surface area (Å²) in [7, 11) is 0. The number of aromatic hydroxyl groups is 1.